The molecule has 0 aliphatic carbocycles. The van der Waals surface area contributed by atoms with E-state index in [9.17, 15) is 0 Å². The summed E-state index contributed by atoms with van der Waals surface area (Å²) in [7, 11) is 0. The summed E-state index contributed by atoms with van der Waals surface area (Å²) in [4.78, 5) is 1.36. The average molecular weight is 237 g/mol. The SMILES string of the molecule is Cc1ccc(SC(C)CNC(C)(C)C)cc1. The number of rotatable bonds is 4. The van der Waals surface area contributed by atoms with Crippen LogP contribution in [-0.4, -0.2) is 17.3 Å². The lowest BCUT2D eigenvalue weighted by Crippen LogP contribution is -2.39. The van der Waals surface area contributed by atoms with Crippen molar-refractivity contribution in [2.24, 2.45) is 0 Å². The van der Waals surface area contributed by atoms with E-state index in [0.29, 0.717) is 5.25 Å². The Labute approximate surface area is 104 Å². The Morgan fingerprint density at radius 2 is 1.75 bits per heavy atom. The molecule has 1 atom stereocenters. The lowest BCUT2D eigenvalue weighted by Gasteiger charge is -2.23. The maximum absolute atomic E-state index is 3.53. The Bertz CT molecular complexity index is 311. The first-order chi connectivity index (χ1) is 7.37. The molecule has 1 aromatic carbocycles. The molecule has 90 valence electrons. The molecule has 1 unspecified atom stereocenters. The first-order valence-corrected chi connectivity index (χ1v) is 6.73. The van der Waals surface area contributed by atoms with Crippen LogP contribution in [0.5, 0.6) is 0 Å². The quantitative estimate of drug-likeness (QED) is 0.798. The van der Waals surface area contributed by atoms with Gasteiger partial charge in [-0.3, -0.25) is 0 Å². The van der Waals surface area contributed by atoms with Crippen molar-refractivity contribution in [3.63, 3.8) is 0 Å². The van der Waals surface area contributed by atoms with Crippen LogP contribution in [0.1, 0.15) is 33.3 Å². The maximum Gasteiger partial charge on any atom is 0.0191 e. The van der Waals surface area contributed by atoms with Gasteiger partial charge < -0.3 is 5.32 Å². The van der Waals surface area contributed by atoms with E-state index >= 15 is 0 Å². The Morgan fingerprint density at radius 1 is 1.19 bits per heavy atom. The predicted molar refractivity (Wildman–Crippen MR) is 74.3 cm³/mol. The third kappa shape index (κ3) is 5.57. The normalized spacial score (nSPS) is 13.8. The van der Waals surface area contributed by atoms with Gasteiger partial charge in [0.05, 0.1) is 0 Å². The van der Waals surface area contributed by atoms with Gasteiger partial charge in [-0.25, -0.2) is 0 Å². The summed E-state index contributed by atoms with van der Waals surface area (Å²) < 4.78 is 0. The van der Waals surface area contributed by atoms with Crippen molar-refractivity contribution >= 4 is 11.8 Å². The van der Waals surface area contributed by atoms with Crippen molar-refractivity contribution in [1.29, 1.82) is 0 Å². The minimum atomic E-state index is 0.210. The topological polar surface area (TPSA) is 12.0 Å². The van der Waals surface area contributed by atoms with E-state index in [-0.39, 0.29) is 5.54 Å². The average Bonchev–Trinajstić information content (AvgIpc) is 2.18. The van der Waals surface area contributed by atoms with Crippen LogP contribution < -0.4 is 5.32 Å². The molecule has 0 saturated carbocycles. The van der Waals surface area contributed by atoms with E-state index in [1.807, 2.05) is 11.8 Å². The minimum Gasteiger partial charge on any atom is -0.311 e. The fraction of sp³-hybridized carbons (Fsp3) is 0.571. The highest BCUT2D eigenvalue weighted by atomic mass is 32.2. The first-order valence-electron chi connectivity index (χ1n) is 5.85. The van der Waals surface area contributed by atoms with Crippen LogP contribution >= 0.6 is 11.8 Å². The molecule has 0 amide bonds. The maximum atomic E-state index is 3.53. The monoisotopic (exact) mass is 237 g/mol. The van der Waals surface area contributed by atoms with Crippen molar-refractivity contribution in [1.82, 2.24) is 5.32 Å². The summed E-state index contributed by atoms with van der Waals surface area (Å²) in [6, 6.07) is 8.75. The molecule has 0 heterocycles. The van der Waals surface area contributed by atoms with Gasteiger partial charge >= 0.3 is 0 Å². The number of hydrogen-bond acceptors (Lipinski definition) is 2. The van der Waals surface area contributed by atoms with E-state index < -0.39 is 0 Å². The van der Waals surface area contributed by atoms with Crippen molar-refractivity contribution in [2.75, 3.05) is 6.54 Å². The molecular formula is C14H23NS. The fourth-order valence-electron chi connectivity index (χ4n) is 1.34. The zero-order valence-electron chi connectivity index (χ0n) is 11.0. The molecule has 0 radical (unpaired) electrons. The molecule has 0 spiro atoms. The number of nitrogens with one attached hydrogen (secondary N) is 1. The summed E-state index contributed by atoms with van der Waals surface area (Å²) in [5.41, 5.74) is 1.53. The molecule has 0 aliphatic heterocycles. The smallest absolute Gasteiger partial charge is 0.0191 e. The summed E-state index contributed by atoms with van der Waals surface area (Å²) in [6.07, 6.45) is 0. The number of thioether (sulfide) groups is 1. The van der Waals surface area contributed by atoms with Crippen LogP contribution in [-0.2, 0) is 0 Å². The Kier molecular flexibility index (Phi) is 4.88. The van der Waals surface area contributed by atoms with E-state index in [2.05, 4.69) is 64.2 Å². The largest absolute Gasteiger partial charge is 0.311 e. The van der Waals surface area contributed by atoms with Crippen molar-refractivity contribution in [3.05, 3.63) is 29.8 Å². The lowest BCUT2D eigenvalue weighted by molar-refractivity contribution is 0.429. The van der Waals surface area contributed by atoms with Crippen LogP contribution in [0.15, 0.2) is 29.2 Å². The summed E-state index contributed by atoms with van der Waals surface area (Å²) >= 11 is 1.93. The molecule has 1 aromatic rings. The predicted octanol–water partition coefficient (Wildman–Crippen LogP) is 3.86. The second-order valence-electron chi connectivity index (χ2n) is 5.37. The summed E-state index contributed by atoms with van der Waals surface area (Å²) in [6.45, 7) is 12.0. The number of benzene rings is 1. The van der Waals surface area contributed by atoms with Gasteiger partial charge in [-0.05, 0) is 39.8 Å². The number of hydrogen-bond donors (Lipinski definition) is 1. The summed E-state index contributed by atoms with van der Waals surface area (Å²) in [5, 5.41) is 4.13. The van der Waals surface area contributed by atoms with Gasteiger partial charge in [0.25, 0.3) is 0 Å². The molecule has 0 bridgehead atoms. The lowest BCUT2D eigenvalue weighted by atomic mass is 10.1. The molecule has 2 heteroatoms. The van der Waals surface area contributed by atoms with Crippen molar-refractivity contribution in [2.45, 2.75) is 50.3 Å². The van der Waals surface area contributed by atoms with Gasteiger partial charge in [0.1, 0.15) is 0 Å². The molecule has 0 aliphatic rings. The zero-order chi connectivity index (χ0) is 12.2. The van der Waals surface area contributed by atoms with Gasteiger partial charge in [0.2, 0.25) is 0 Å². The molecule has 1 rings (SSSR count). The van der Waals surface area contributed by atoms with Crippen LogP contribution in [0.25, 0.3) is 0 Å². The van der Waals surface area contributed by atoms with Crippen LogP contribution in [0.3, 0.4) is 0 Å². The Balaban J connectivity index is 2.39. The van der Waals surface area contributed by atoms with E-state index in [1.54, 1.807) is 0 Å². The summed E-state index contributed by atoms with van der Waals surface area (Å²) in [5.74, 6) is 0. The Morgan fingerprint density at radius 3 is 2.25 bits per heavy atom. The molecule has 16 heavy (non-hydrogen) atoms. The van der Waals surface area contributed by atoms with E-state index in [4.69, 9.17) is 0 Å². The molecular weight excluding hydrogens is 214 g/mol. The third-order valence-corrected chi connectivity index (χ3v) is 3.39. The van der Waals surface area contributed by atoms with Crippen molar-refractivity contribution in [3.8, 4) is 0 Å². The molecule has 1 nitrogen and oxygen atoms in total. The third-order valence-electron chi connectivity index (χ3n) is 2.28. The molecule has 0 saturated heterocycles. The second kappa shape index (κ2) is 5.74. The number of aryl methyl sites for hydroxylation is 1. The fourth-order valence-corrected chi connectivity index (χ4v) is 2.27. The highest BCUT2D eigenvalue weighted by Gasteiger charge is 2.11. The van der Waals surface area contributed by atoms with Gasteiger partial charge in [0, 0.05) is 22.2 Å². The highest BCUT2D eigenvalue weighted by molar-refractivity contribution is 8.00. The highest BCUT2D eigenvalue weighted by Crippen LogP contribution is 2.23. The van der Waals surface area contributed by atoms with E-state index in [0.717, 1.165) is 6.54 Å². The van der Waals surface area contributed by atoms with Crippen LogP contribution in [0, 0.1) is 6.92 Å². The van der Waals surface area contributed by atoms with Crippen LogP contribution in [0.4, 0.5) is 0 Å². The minimum absolute atomic E-state index is 0.210. The van der Waals surface area contributed by atoms with E-state index in [1.165, 1.54) is 10.5 Å². The molecule has 0 aromatic heterocycles. The first kappa shape index (κ1) is 13.6. The van der Waals surface area contributed by atoms with Crippen molar-refractivity contribution < 1.29 is 0 Å². The molecule has 1 N–H and O–H groups in total. The van der Waals surface area contributed by atoms with Gasteiger partial charge in [-0.2, -0.15) is 0 Å². The standard InChI is InChI=1S/C14H23NS/c1-11-6-8-13(9-7-11)16-12(2)10-15-14(3,4)5/h6-9,12,15H,10H2,1-5H3. The van der Waals surface area contributed by atoms with Gasteiger partial charge in [-0.1, -0.05) is 24.6 Å². The zero-order valence-corrected chi connectivity index (χ0v) is 11.8. The molecule has 0 fully saturated rings. The van der Waals surface area contributed by atoms with Gasteiger partial charge in [0.15, 0.2) is 0 Å². The van der Waals surface area contributed by atoms with Gasteiger partial charge in [-0.15, -0.1) is 11.8 Å². The van der Waals surface area contributed by atoms with Crippen LogP contribution in [0.2, 0.25) is 0 Å². The second-order valence-corrected chi connectivity index (χ2v) is 6.88. The Hall–Kier alpha value is -0.470.